The Labute approximate surface area is 155 Å². The van der Waals surface area contributed by atoms with Crippen LogP contribution in [0.3, 0.4) is 0 Å². The predicted molar refractivity (Wildman–Crippen MR) is 110 cm³/mol. The van der Waals surface area contributed by atoms with Gasteiger partial charge in [-0.3, -0.25) is 0 Å². The van der Waals surface area contributed by atoms with E-state index < -0.39 is 6.10 Å². The Bertz CT molecular complexity index is 945. The van der Waals surface area contributed by atoms with Gasteiger partial charge in [0.15, 0.2) is 0 Å². The van der Waals surface area contributed by atoms with Crippen LogP contribution in [-0.4, -0.2) is 11.2 Å². The van der Waals surface area contributed by atoms with Gasteiger partial charge in [0.2, 0.25) is 0 Å². The fourth-order valence-electron chi connectivity index (χ4n) is 4.12. The van der Waals surface area contributed by atoms with Crippen LogP contribution < -0.4 is 0 Å². The lowest BCUT2D eigenvalue weighted by molar-refractivity contribution is 0.253. The third kappa shape index (κ3) is 2.60. The van der Waals surface area contributed by atoms with Gasteiger partial charge in [0, 0.05) is 0 Å². The van der Waals surface area contributed by atoms with E-state index in [2.05, 4.69) is 86.6 Å². The molecule has 3 aromatic rings. The first-order chi connectivity index (χ1) is 12.6. The zero-order valence-electron chi connectivity index (χ0n) is 15.5. The summed E-state index contributed by atoms with van der Waals surface area (Å²) in [5.74, 6) is 0.396. The normalized spacial score (nSPS) is 13.5. The van der Waals surface area contributed by atoms with E-state index in [1.165, 1.54) is 33.4 Å². The van der Waals surface area contributed by atoms with E-state index in [0.29, 0.717) is 5.92 Å². The summed E-state index contributed by atoms with van der Waals surface area (Å²) in [7, 11) is 0. The maximum Gasteiger partial charge on any atom is 0.0774 e. The molecule has 0 saturated carbocycles. The molecule has 1 aliphatic carbocycles. The summed E-state index contributed by atoms with van der Waals surface area (Å²) in [4.78, 5) is 0. The zero-order chi connectivity index (χ0) is 18.3. The molecule has 1 atom stereocenters. The number of rotatable bonds is 3. The largest absolute Gasteiger partial charge is 0.389 e. The van der Waals surface area contributed by atoms with Crippen molar-refractivity contribution in [3.8, 4) is 11.1 Å². The first-order valence-corrected chi connectivity index (χ1v) is 9.30. The highest BCUT2D eigenvalue weighted by molar-refractivity contribution is 6.11. The van der Waals surface area contributed by atoms with E-state index in [-0.39, 0.29) is 0 Å². The van der Waals surface area contributed by atoms with Gasteiger partial charge in [-0.2, -0.15) is 0 Å². The number of benzene rings is 3. The zero-order valence-corrected chi connectivity index (χ0v) is 15.5. The maximum atomic E-state index is 10.8. The van der Waals surface area contributed by atoms with Crippen LogP contribution in [0.4, 0.5) is 0 Å². The van der Waals surface area contributed by atoms with Gasteiger partial charge in [-0.05, 0) is 57.4 Å². The topological polar surface area (TPSA) is 20.2 Å². The Morgan fingerprint density at radius 3 is 1.62 bits per heavy atom. The lowest BCUT2D eigenvalue weighted by atomic mass is 9.85. The van der Waals surface area contributed by atoms with E-state index in [1.54, 1.807) is 0 Å². The molecule has 1 N–H and O–H groups in total. The third-order valence-corrected chi connectivity index (χ3v) is 5.24. The second-order valence-corrected chi connectivity index (χ2v) is 7.30. The second kappa shape index (κ2) is 6.59. The van der Waals surface area contributed by atoms with E-state index >= 15 is 0 Å². The van der Waals surface area contributed by atoms with Crippen molar-refractivity contribution in [2.24, 2.45) is 0 Å². The predicted octanol–water partition coefficient (Wildman–Crippen LogP) is 6.13. The second-order valence-electron chi connectivity index (χ2n) is 7.30. The molecule has 0 spiro atoms. The fourth-order valence-corrected chi connectivity index (χ4v) is 4.12. The van der Waals surface area contributed by atoms with Gasteiger partial charge in [0.05, 0.1) is 6.10 Å². The summed E-state index contributed by atoms with van der Waals surface area (Å²) in [5, 5.41) is 10.8. The van der Waals surface area contributed by atoms with Crippen molar-refractivity contribution in [3.05, 3.63) is 95.1 Å². The monoisotopic (exact) mass is 340 g/mol. The quantitative estimate of drug-likeness (QED) is 0.475. The van der Waals surface area contributed by atoms with Crippen LogP contribution in [0, 0.1) is 0 Å². The van der Waals surface area contributed by atoms with Gasteiger partial charge in [-0.1, -0.05) is 86.6 Å². The Hall–Kier alpha value is -2.64. The third-order valence-electron chi connectivity index (χ3n) is 5.24. The Balaban J connectivity index is 2.11. The van der Waals surface area contributed by atoms with E-state index in [9.17, 15) is 5.11 Å². The van der Waals surface area contributed by atoms with Gasteiger partial charge in [0.1, 0.15) is 0 Å². The van der Waals surface area contributed by atoms with E-state index in [4.69, 9.17) is 0 Å². The Morgan fingerprint density at radius 2 is 1.12 bits per heavy atom. The van der Waals surface area contributed by atoms with Crippen molar-refractivity contribution in [1.82, 2.24) is 0 Å². The minimum absolute atomic E-state index is 0.396. The average molecular weight is 340 g/mol. The molecule has 1 aliphatic rings. The van der Waals surface area contributed by atoms with Gasteiger partial charge < -0.3 is 5.11 Å². The number of hydrogen-bond donors (Lipinski definition) is 1. The maximum absolute atomic E-state index is 10.8. The highest BCUT2D eigenvalue weighted by Crippen LogP contribution is 2.48. The van der Waals surface area contributed by atoms with E-state index in [0.717, 1.165) is 11.1 Å². The van der Waals surface area contributed by atoms with Crippen LogP contribution in [-0.2, 0) is 0 Å². The van der Waals surface area contributed by atoms with Crippen molar-refractivity contribution in [3.63, 3.8) is 0 Å². The Morgan fingerprint density at radius 1 is 0.654 bits per heavy atom. The summed E-state index contributed by atoms with van der Waals surface area (Å²) in [6.07, 6.45) is -0.552. The molecular formula is C25H24O. The highest BCUT2D eigenvalue weighted by Gasteiger charge is 2.28. The summed E-state index contributed by atoms with van der Waals surface area (Å²) in [5.41, 5.74) is 9.53. The standard InChI is InChI=1S/C25H24O/c1-16(2)18-10-4-7-13-21(18)24(17(3)26)25-22-14-8-5-11-19(22)20-12-6-9-15-23(20)25/h4-17,26H,1-3H3. The summed E-state index contributed by atoms with van der Waals surface area (Å²) >= 11 is 0. The molecule has 4 rings (SSSR count). The molecule has 130 valence electrons. The molecule has 0 heterocycles. The van der Waals surface area contributed by atoms with Crippen molar-refractivity contribution in [2.75, 3.05) is 0 Å². The van der Waals surface area contributed by atoms with Crippen LogP contribution in [0.15, 0.2) is 72.8 Å². The average Bonchev–Trinajstić information content (AvgIpc) is 2.97. The number of hydrogen-bond acceptors (Lipinski definition) is 1. The minimum Gasteiger partial charge on any atom is -0.389 e. The first kappa shape index (κ1) is 16.8. The molecule has 0 fully saturated rings. The number of aliphatic hydroxyl groups excluding tert-OH is 1. The van der Waals surface area contributed by atoms with Crippen molar-refractivity contribution < 1.29 is 5.11 Å². The van der Waals surface area contributed by atoms with Gasteiger partial charge in [0.25, 0.3) is 0 Å². The van der Waals surface area contributed by atoms with Crippen LogP contribution in [0.25, 0.3) is 22.3 Å². The minimum atomic E-state index is -0.552. The number of aliphatic hydroxyl groups is 1. The van der Waals surface area contributed by atoms with Gasteiger partial charge in [-0.15, -0.1) is 0 Å². The SMILES string of the molecule is CC(O)C(=C1c2ccccc2-c2ccccc21)c1ccccc1C(C)C. The number of fused-ring (bicyclic) bond motifs is 3. The van der Waals surface area contributed by atoms with Crippen LogP contribution >= 0.6 is 0 Å². The van der Waals surface area contributed by atoms with Gasteiger partial charge in [-0.25, -0.2) is 0 Å². The van der Waals surface area contributed by atoms with Crippen LogP contribution in [0.2, 0.25) is 0 Å². The highest BCUT2D eigenvalue weighted by atomic mass is 16.3. The molecule has 0 bridgehead atoms. The fraction of sp³-hybridized carbons (Fsp3) is 0.200. The molecule has 0 saturated heterocycles. The molecule has 1 unspecified atom stereocenters. The molecule has 0 amide bonds. The van der Waals surface area contributed by atoms with Crippen LogP contribution in [0.1, 0.15) is 48.9 Å². The molecular weight excluding hydrogens is 316 g/mol. The molecule has 3 aromatic carbocycles. The van der Waals surface area contributed by atoms with Crippen molar-refractivity contribution in [2.45, 2.75) is 32.8 Å². The molecule has 1 nitrogen and oxygen atoms in total. The molecule has 0 radical (unpaired) electrons. The van der Waals surface area contributed by atoms with E-state index in [1.807, 2.05) is 6.92 Å². The first-order valence-electron chi connectivity index (χ1n) is 9.30. The smallest absolute Gasteiger partial charge is 0.0774 e. The van der Waals surface area contributed by atoms with Crippen LogP contribution in [0.5, 0.6) is 0 Å². The Kier molecular flexibility index (Phi) is 4.26. The molecule has 1 heteroatoms. The van der Waals surface area contributed by atoms with Gasteiger partial charge >= 0.3 is 0 Å². The molecule has 0 aliphatic heterocycles. The summed E-state index contributed by atoms with van der Waals surface area (Å²) in [6.45, 7) is 6.29. The lowest BCUT2D eigenvalue weighted by Gasteiger charge is -2.21. The summed E-state index contributed by atoms with van der Waals surface area (Å²) < 4.78 is 0. The van der Waals surface area contributed by atoms with Crippen molar-refractivity contribution >= 4 is 11.1 Å². The molecule has 26 heavy (non-hydrogen) atoms. The van der Waals surface area contributed by atoms with Crippen molar-refractivity contribution in [1.29, 1.82) is 0 Å². The summed E-state index contributed by atoms with van der Waals surface area (Å²) in [6, 6.07) is 25.5. The molecule has 0 aromatic heterocycles. The lowest BCUT2D eigenvalue weighted by Crippen LogP contribution is -2.09.